The van der Waals surface area contributed by atoms with E-state index in [0.717, 1.165) is 29.9 Å². The van der Waals surface area contributed by atoms with E-state index in [1.807, 2.05) is 50.4 Å². The third-order valence-corrected chi connectivity index (χ3v) is 5.65. The minimum atomic E-state index is -3.16. The van der Waals surface area contributed by atoms with Crippen LogP contribution in [0.2, 0.25) is 0 Å². The summed E-state index contributed by atoms with van der Waals surface area (Å²) in [6, 6.07) is 11.4. The van der Waals surface area contributed by atoms with Crippen LogP contribution in [-0.2, 0) is 0 Å². The molecule has 6 nitrogen and oxygen atoms in total. The Labute approximate surface area is 138 Å². The number of rotatable bonds is 5. The van der Waals surface area contributed by atoms with Crippen LogP contribution in [0.4, 0.5) is 17.2 Å². The van der Waals surface area contributed by atoms with E-state index in [-0.39, 0.29) is 0 Å². The van der Waals surface area contributed by atoms with E-state index in [1.54, 1.807) is 14.8 Å². The molecule has 1 aliphatic rings. The van der Waals surface area contributed by atoms with Crippen LogP contribution in [0.3, 0.4) is 0 Å². The molecular weight excluding hydrogens is 312 g/mol. The second-order valence-corrected chi connectivity index (χ2v) is 7.31. The number of aromatic nitrogens is 1. The number of nitrogens with zero attached hydrogens (tertiary/aromatic N) is 3. The Hall–Kier alpha value is -1.80. The molecule has 0 aliphatic carbocycles. The fourth-order valence-electron chi connectivity index (χ4n) is 2.73. The summed E-state index contributed by atoms with van der Waals surface area (Å²) >= 11 is 0. The molecular formula is C16H22N4O2S. The van der Waals surface area contributed by atoms with Gasteiger partial charge in [-0.1, -0.05) is 12.1 Å². The van der Waals surface area contributed by atoms with Crippen molar-refractivity contribution in [3.05, 3.63) is 48.2 Å². The number of para-hydroxylation sites is 2. The number of fused-ring (bicyclic) bond motifs is 1. The van der Waals surface area contributed by atoms with Crippen molar-refractivity contribution in [2.45, 2.75) is 13.3 Å². The van der Waals surface area contributed by atoms with Crippen LogP contribution in [0, 0.1) is 6.92 Å². The number of hydrogen-bond acceptors (Lipinski definition) is 6. The highest BCUT2D eigenvalue weighted by atomic mass is 32.3. The smallest absolute Gasteiger partial charge is 0.153 e. The molecule has 1 aliphatic heterocycles. The molecule has 1 aromatic carbocycles. The van der Waals surface area contributed by atoms with Gasteiger partial charge in [0.1, 0.15) is 0 Å². The molecule has 3 rings (SSSR count). The summed E-state index contributed by atoms with van der Waals surface area (Å²) in [5.74, 6) is 0.550. The molecule has 23 heavy (non-hydrogen) atoms. The normalized spacial score (nSPS) is 17.2. The summed E-state index contributed by atoms with van der Waals surface area (Å²) in [5.41, 5.74) is 2.62. The molecule has 0 atom stereocenters. The fraction of sp³-hybridized carbons (Fsp3) is 0.312. The van der Waals surface area contributed by atoms with Crippen LogP contribution >= 0.6 is 11.0 Å². The summed E-state index contributed by atoms with van der Waals surface area (Å²) < 4.78 is 25.1. The van der Waals surface area contributed by atoms with Gasteiger partial charge in [-0.3, -0.25) is 13.4 Å². The molecule has 0 amide bonds. The second-order valence-electron chi connectivity index (χ2n) is 5.52. The third-order valence-electron chi connectivity index (χ3n) is 3.81. The molecule has 1 aromatic heterocycles. The quantitative estimate of drug-likeness (QED) is 0.727. The van der Waals surface area contributed by atoms with Crippen molar-refractivity contribution in [3.8, 4) is 0 Å². The number of aryl methyl sites for hydroxylation is 1. The van der Waals surface area contributed by atoms with Gasteiger partial charge in [0.2, 0.25) is 0 Å². The van der Waals surface area contributed by atoms with Gasteiger partial charge in [0, 0.05) is 12.7 Å². The molecule has 3 N–H and O–H groups in total. The standard InChI is InChI=1S/C16H22N4O2S/c1-13-8-10-18-16(12-13)20-15-7-4-3-6-14(15)19(23(20,21)22)11-5-9-17-2/h3-4,6-8,10,12,17,21-22H,5,9,11H2,1-2H3. The van der Waals surface area contributed by atoms with E-state index < -0.39 is 11.0 Å². The molecule has 0 fully saturated rings. The number of nitrogens with one attached hydrogen (secondary N) is 1. The summed E-state index contributed by atoms with van der Waals surface area (Å²) in [4.78, 5) is 4.33. The first-order valence-corrected chi connectivity index (χ1v) is 9.04. The number of hydrogen-bond donors (Lipinski definition) is 3. The van der Waals surface area contributed by atoms with Crippen molar-refractivity contribution in [2.75, 3.05) is 28.7 Å². The first-order chi connectivity index (χ1) is 11.1. The number of anilines is 3. The summed E-state index contributed by atoms with van der Waals surface area (Å²) in [6.07, 6.45) is 2.50. The van der Waals surface area contributed by atoms with Crippen LogP contribution in [-0.4, -0.2) is 34.2 Å². The Bertz CT molecular complexity index is 695. The van der Waals surface area contributed by atoms with Crippen LogP contribution in [0.5, 0.6) is 0 Å². The van der Waals surface area contributed by atoms with Gasteiger partial charge in [-0.25, -0.2) is 9.29 Å². The van der Waals surface area contributed by atoms with Crippen LogP contribution in [0.15, 0.2) is 42.6 Å². The summed E-state index contributed by atoms with van der Waals surface area (Å²) in [5, 5.41) is 3.09. The highest BCUT2D eigenvalue weighted by Crippen LogP contribution is 2.63. The lowest BCUT2D eigenvalue weighted by Crippen LogP contribution is -2.33. The minimum Gasteiger partial charge on any atom is -0.320 e. The zero-order valence-corrected chi connectivity index (χ0v) is 14.1. The van der Waals surface area contributed by atoms with Crippen LogP contribution in [0.25, 0.3) is 0 Å². The van der Waals surface area contributed by atoms with E-state index in [1.165, 1.54) is 0 Å². The highest BCUT2D eigenvalue weighted by molar-refractivity contribution is 8.27. The zero-order chi connectivity index (χ0) is 16.4. The van der Waals surface area contributed by atoms with Gasteiger partial charge in [-0.15, -0.1) is 0 Å². The Morgan fingerprint density at radius 1 is 1.17 bits per heavy atom. The Morgan fingerprint density at radius 3 is 2.61 bits per heavy atom. The number of benzene rings is 1. The van der Waals surface area contributed by atoms with E-state index in [4.69, 9.17) is 0 Å². The summed E-state index contributed by atoms with van der Waals surface area (Å²) in [6.45, 7) is 3.34. The largest absolute Gasteiger partial charge is 0.320 e. The van der Waals surface area contributed by atoms with Crippen molar-refractivity contribution in [1.82, 2.24) is 10.3 Å². The predicted octanol–water partition coefficient (Wildman–Crippen LogP) is 3.54. The Kier molecular flexibility index (Phi) is 4.45. The molecule has 7 heteroatoms. The third kappa shape index (κ3) is 2.88. The maximum Gasteiger partial charge on any atom is 0.153 e. The van der Waals surface area contributed by atoms with Crippen LogP contribution in [0.1, 0.15) is 12.0 Å². The lowest BCUT2D eigenvalue weighted by Gasteiger charge is -2.43. The highest BCUT2D eigenvalue weighted by Gasteiger charge is 2.41. The molecule has 0 saturated heterocycles. The average molecular weight is 334 g/mol. The number of pyridine rings is 1. The molecule has 0 saturated carbocycles. The lowest BCUT2D eigenvalue weighted by atomic mass is 10.2. The first-order valence-electron chi connectivity index (χ1n) is 7.58. The van der Waals surface area contributed by atoms with E-state index >= 15 is 0 Å². The zero-order valence-electron chi connectivity index (χ0n) is 13.3. The molecule has 0 bridgehead atoms. The second kappa shape index (κ2) is 6.37. The topological polar surface area (TPSA) is 71.9 Å². The lowest BCUT2D eigenvalue weighted by molar-refractivity contribution is 0.483. The maximum atomic E-state index is 10.9. The van der Waals surface area contributed by atoms with Crippen molar-refractivity contribution >= 4 is 28.2 Å². The van der Waals surface area contributed by atoms with Crippen molar-refractivity contribution in [2.24, 2.45) is 0 Å². The van der Waals surface area contributed by atoms with Gasteiger partial charge in [0.15, 0.2) is 5.82 Å². The average Bonchev–Trinajstić information content (AvgIpc) is 2.74. The molecule has 0 spiro atoms. The molecule has 2 aromatic rings. The van der Waals surface area contributed by atoms with Crippen molar-refractivity contribution in [3.63, 3.8) is 0 Å². The molecule has 0 unspecified atom stereocenters. The Morgan fingerprint density at radius 2 is 1.91 bits per heavy atom. The van der Waals surface area contributed by atoms with Gasteiger partial charge in [0.05, 0.1) is 11.4 Å². The molecule has 2 heterocycles. The predicted molar refractivity (Wildman–Crippen MR) is 96.3 cm³/mol. The SMILES string of the molecule is CNCCCN1c2ccccc2N(c2cc(C)ccn2)S1(O)O. The monoisotopic (exact) mass is 334 g/mol. The van der Waals surface area contributed by atoms with Crippen molar-refractivity contribution < 1.29 is 9.11 Å². The maximum absolute atomic E-state index is 10.9. The van der Waals surface area contributed by atoms with Gasteiger partial charge >= 0.3 is 0 Å². The van der Waals surface area contributed by atoms with E-state index in [0.29, 0.717) is 12.4 Å². The Balaban J connectivity index is 2.03. The van der Waals surface area contributed by atoms with E-state index in [2.05, 4.69) is 10.3 Å². The minimum absolute atomic E-state index is 0.550. The van der Waals surface area contributed by atoms with Crippen molar-refractivity contribution in [1.29, 1.82) is 0 Å². The van der Waals surface area contributed by atoms with Gasteiger partial charge in [-0.05, 0) is 67.7 Å². The van der Waals surface area contributed by atoms with Gasteiger partial charge in [0.25, 0.3) is 0 Å². The van der Waals surface area contributed by atoms with Crippen LogP contribution < -0.4 is 13.9 Å². The molecule has 0 radical (unpaired) electrons. The van der Waals surface area contributed by atoms with Gasteiger partial charge < -0.3 is 5.32 Å². The van der Waals surface area contributed by atoms with E-state index in [9.17, 15) is 9.11 Å². The van der Waals surface area contributed by atoms with Gasteiger partial charge in [-0.2, -0.15) is 0 Å². The fourth-order valence-corrected chi connectivity index (χ4v) is 4.49. The molecule has 124 valence electrons. The first kappa shape index (κ1) is 16.1. The summed E-state index contributed by atoms with van der Waals surface area (Å²) in [7, 11) is -1.27.